The van der Waals surface area contributed by atoms with Gasteiger partial charge < -0.3 is 14.7 Å². The van der Waals surface area contributed by atoms with E-state index in [9.17, 15) is 5.11 Å². The highest BCUT2D eigenvalue weighted by Crippen LogP contribution is 2.26. The number of hydrogen-bond acceptors (Lipinski definition) is 6. The summed E-state index contributed by atoms with van der Waals surface area (Å²) in [6, 6.07) is 0. The summed E-state index contributed by atoms with van der Waals surface area (Å²) in [6.45, 7) is 4.26. The van der Waals surface area contributed by atoms with Crippen molar-refractivity contribution in [3.8, 4) is 0 Å². The lowest BCUT2D eigenvalue weighted by atomic mass is 9.94. The number of rotatable bonds is 4. The predicted molar refractivity (Wildman–Crippen MR) is 67.6 cm³/mol. The highest BCUT2D eigenvalue weighted by atomic mass is 32.1. The maximum Gasteiger partial charge on any atom is 0.205 e. The molecule has 96 valence electrons. The first-order valence-corrected chi connectivity index (χ1v) is 6.67. The lowest BCUT2D eigenvalue weighted by molar-refractivity contribution is 0.0351. The Labute approximate surface area is 106 Å². The van der Waals surface area contributed by atoms with Gasteiger partial charge in [0.1, 0.15) is 5.82 Å². The van der Waals surface area contributed by atoms with E-state index in [0.29, 0.717) is 6.61 Å². The fourth-order valence-electron chi connectivity index (χ4n) is 1.85. The second-order valence-electron chi connectivity index (χ2n) is 4.72. The van der Waals surface area contributed by atoms with E-state index >= 15 is 0 Å². The molecule has 1 N–H and O–H groups in total. The molecule has 0 saturated carbocycles. The number of ether oxygens (including phenoxy) is 1. The van der Waals surface area contributed by atoms with E-state index in [1.807, 2.05) is 6.92 Å². The third-order valence-electron chi connectivity index (χ3n) is 3.10. The lowest BCUT2D eigenvalue weighted by Gasteiger charge is -2.35. The molecule has 0 atom stereocenters. The van der Waals surface area contributed by atoms with Crippen molar-refractivity contribution in [2.45, 2.75) is 31.8 Å². The van der Waals surface area contributed by atoms with Crippen LogP contribution in [0.4, 0.5) is 5.13 Å². The summed E-state index contributed by atoms with van der Waals surface area (Å²) in [5, 5.41) is 10.8. The van der Waals surface area contributed by atoms with Gasteiger partial charge in [0.05, 0.1) is 12.2 Å². The van der Waals surface area contributed by atoms with E-state index in [4.69, 9.17) is 4.74 Å². The third-order valence-corrected chi connectivity index (χ3v) is 3.91. The Kier molecular flexibility index (Phi) is 3.96. The molecule has 0 amide bonds. The molecule has 0 bridgehead atoms. The minimum atomic E-state index is -0.514. The van der Waals surface area contributed by atoms with Gasteiger partial charge in [-0.1, -0.05) is 0 Å². The summed E-state index contributed by atoms with van der Waals surface area (Å²) < 4.78 is 9.32. The zero-order valence-corrected chi connectivity index (χ0v) is 11.2. The summed E-state index contributed by atoms with van der Waals surface area (Å²) in [6.07, 6.45) is 2.35. The van der Waals surface area contributed by atoms with Gasteiger partial charge in [0.15, 0.2) is 0 Å². The van der Waals surface area contributed by atoms with Crippen LogP contribution in [-0.4, -0.2) is 46.9 Å². The summed E-state index contributed by atoms with van der Waals surface area (Å²) >= 11 is 1.43. The van der Waals surface area contributed by atoms with Gasteiger partial charge in [-0.3, -0.25) is 0 Å². The van der Waals surface area contributed by atoms with Crippen LogP contribution in [0.2, 0.25) is 0 Å². The molecule has 5 nitrogen and oxygen atoms in total. The van der Waals surface area contributed by atoms with Crippen molar-refractivity contribution in [1.82, 2.24) is 9.36 Å². The number of hydrogen-bond donors (Lipinski definition) is 1. The highest BCUT2D eigenvalue weighted by molar-refractivity contribution is 7.09. The second kappa shape index (κ2) is 5.29. The topological polar surface area (TPSA) is 58.5 Å². The minimum Gasteiger partial charge on any atom is -0.390 e. The van der Waals surface area contributed by atoms with Crippen LogP contribution in [0.25, 0.3) is 0 Å². The summed E-state index contributed by atoms with van der Waals surface area (Å²) in [5.41, 5.74) is -0.514. The predicted octanol–water partition coefficient (Wildman–Crippen LogP) is 1.08. The van der Waals surface area contributed by atoms with Crippen LogP contribution in [0, 0.1) is 0 Å². The van der Waals surface area contributed by atoms with Gasteiger partial charge in [-0.15, -0.1) is 0 Å². The molecule has 1 aromatic heterocycles. The van der Waals surface area contributed by atoms with Crippen molar-refractivity contribution in [2.24, 2.45) is 0 Å². The largest absolute Gasteiger partial charge is 0.390 e. The second-order valence-corrected chi connectivity index (χ2v) is 5.45. The van der Waals surface area contributed by atoms with Crippen LogP contribution in [0.3, 0.4) is 0 Å². The van der Waals surface area contributed by atoms with E-state index in [0.717, 1.165) is 43.3 Å². The standard InChI is InChI=1S/C11H19N3O2S/c1-11(15)4-6-14(7-5-11)10-12-9(13-17-10)3-8-16-2/h15H,3-8H2,1-2H3. The molecule has 0 aromatic carbocycles. The zero-order chi connectivity index (χ0) is 12.3. The average Bonchev–Trinajstić information content (AvgIpc) is 2.75. The molecule has 0 aliphatic carbocycles. The molecular formula is C11H19N3O2S. The van der Waals surface area contributed by atoms with Gasteiger partial charge in [0, 0.05) is 38.2 Å². The smallest absolute Gasteiger partial charge is 0.205 e. The van der Waals surface area contributed by atoms with Crippen LogP contribution in [0.1, 0.15) is 25.6 Å². The normalized spacial score (nSPS) is 19.6. The molecular weight excluding hydrogens is 238 g/mol. The van der Waals surface area contributed by atoms with Gasteiger partial charge in [-0.2, -0.15) is 4.37 Å². The van der Waals surface area contributed by atoms with Crippen molar-refractivity contribution in [3.63, 3.8) is 0 Å². The van der Waals surface area contributed by atoms with Gasteiger partial charge in [0.25, 0.3) is 0 Å². The molecule has 1 saturated heterocycles. The van der Waals surface area contributed by atoms with Crippen molar-refractivity contribution < 1.29 is 9.84 Å². The Hall–Kier alpha value is -0.720. The van der Waals surface area contributed by atoms with Crippen LogP contribution >= 0.6 is 11.5 Å². The number of aromatic nitrogens is 2. The van der Waals surface area contributed by atoms with Crippen LogP contribution in [0.15, 0.2) is 0 Å². The Balaban J connectivity index is 1.92. The number of aliphatic hydroxyl groups is 1. The molecule has 0 spiro atoms. The van der Waals surface area contributed by atoms with E-state index in [2.05, 4.69) is 14.3 Å². The monoisotopic (exact) mass is 257 g/mol. The average molecular weight is 257 g/mol. The van der Waals surface area contributed by atoms with E-state index in [-0.39, 0.29) is 0 Å². The number of anilines is 1. The maximum absolute atomic E-state index is 9.88. The zero-order valence-electron chi connectivity index (χ0n) is 10.3. The molecule has 0 radical (unpaired) electrons. The fraction of sp³-hybridized carbons (Fsp3) is 0.818. The fourth-order valence-corrected chi connectivity index (χ4v) is 2.61. The Bertz CT molecular complexity index is 357. The minimum absolute atomic E-state index is 0.514. The molecule has 2 heterocycles. The molecule has 0 unspecified atom stereocenters. The number of piperidine rings is 1. The summed E-state index contributed by atoms with van der Waals surface area (Å²) in [4.78, 5) is 6.69. The highest BCUT2D eigenvalue weighted by Gasteiger charge is 2.28. The molecule has 17 heavy (non-hydrogen) atoms. The van der Waals surface area contributed by atoms with Gasteiger partial charge >= 0.3 is 0 Å². The van der Waals surface area contributed by atoms with Crippen LogP contribution in [-0.2, 0) is 11.2 Å². The number of methoxy groups -OCH3 is 1. The maximum atomic E-state index is 9.88. The van der Waals surface area contributed by atoms with Gasteiger partial charge in [-0.05, 0) is 19.8 Å². The van der Waals surface area contributed by atoms with E-state index in [1.54, 1.807) is 7.11 Å². The third kappa shape index (κ3) is 3.37. The molecule has 1 aromatic rings. The van der Waals surface area contributed by atoms with Crippen LogP contribution in [0.5, 0.6) is 0 Å². The number of nitrogens with zero attached hydrogens (tertiary/aromatic N) is 3. The molecule has 1 aliphatic heterocycles. The quantitative estimate of drug-likeness (QED) is 0.874. The van der Waals surface area contributed by atoms with E-state index in [1.165, 1.54) is 11.5 Å². The van der Waals surface area contributed by atoms with Crippen LogP contribution < -0.4 is 4.90 Å². The Morgan fingerprint density at radius 1 is 1.47 bits per heavy atom. The van der Waals surface area contributed by atoms with Gasteiger partial charge in [0.2, 0.25) is 5.13 Å². The summed E-state index contributed by atoms with van der Waals surface area (Å²) in [7, 11) is 1.68. The molecule has 6 heteroatoms. The first-order valence-electron chi connectivity index (χ1n) is 5.89. The lowest BCUT2D eigenvalue weighted by Crippen LogP contribution is -2.42. The Morgan fingerprint density at radius 3 is 2.82 bits per heavy atom. The Morgan fingerprint density at radius 2 is 2.18 bits per heavy atom. The van der Waals surface area contributed by atoms with Crippen molar-refractivity contribution in [1.29, 1.82) is 0 Å². The molecule has 1 aliphatic rings. The first kappa shape index (κ1) is 12.7. The van der Waals surface area contributed by atoms with Crippen molar-refractivity contribution in [3.05, 3.63) is 5.82 Å². The molecule has 2 rings (SSSR count). The summed E-state index contributed by atoms with van der Waals surface area (Å²) in [5.74, 6) is 0.851. The van der Waals surface area contributed by atoms with Crippen molar-refractivity contribution in [2.75, 3.05) is 31.7 Å². The van der Waals surface area contributed by atoms with Crippen molar-refractivity contribution >= 4 is 16.7 Å². The molecule has 1 fully saturated rings. The van der Waals surface area contributed by atoms with Gasteiger partial charge in [-0.25, -0.2) is 4.98 Å². The SMILES string of the molecule is COCCc1nsc(N2CCC(C)(O)CC2)n1. The first-order chi connectivity index (χ1) is 8.11. The van der Waals surface area contributed by atoms with E-state index < -0.39 is 5.60 Å².